The molecule has 0 radical (unpaired) electrons. The largest absolute Gasteiger partial charge is 0.468 e. The molecule has 1 N–H and O–H groups in total. The van der Waals surface area contributed by atoms with E-state index < -0.39 is 37.5 Å². The van der Waals surface area contributed by atoms with Crippen molar-refractivity contribution in [2.75, 3.05) is 0 Å². The van der Waals surface area contributed by atoms with E-state index in [1.807, 2.05) is 0 Å². The molecule has 144 valence electrons. The Kier molecular flexibility index (Phi) is 6.24. The molecule has 10 nitrogen and oxygen atoms in total. The van der Waals surface area contributed by atoms with Gasteiger partial charge in [0.15, 0.2) is 0 Å². The summed E-state index contributed by atoms with van der Waals surface area (Å²) in [6.45, 7) is 11.7. The molecule has 0 spiro atoms. The summed E-state index contributed by atoms with van der Waals surface area (Å²) >= 11 is 0. The van der Waals surface area contributed by atoms with E-state index in [9.17, 15) is 25.3 Å². The second-order valence-electron chi connectivity index (χ2n) is 9.12. The smallest absolute Gasteiger partial charge is 0.390 e. The van der Waals surface area contributed by atoms with Gasteiger partial charge in [-0.1, -0.05) is 19.0 Å². The first-order valence-electron chi connectivity index (χ1n) is 7.94. The van der Waals surface area contributed by atoms with Crippen LogP contribution in [0.25, 0.3) is 10.4 Å². The van der Waals surface area contributed by atoms with Crippen molar-refractivity contribution >= 4 is 0 Å². The van der Waals surface area contributed by atoms with Crippen LogP contribution in [0.1, 0.15) is 68.2 Å². The van der Waals surface area contributed by atoms with Crippen molar-refractivity contribution in [2.45, 2.75) is 85.0 Å². The fraction of sp³-hybridized carbons (Fsp3) is 1.00. The zero-order valence-electron chi connectivity index (χ0n) is 16.2. The Balaban J connectivity index is 6.58. The molecule has 0 heterocycles. The summed E-state index contributed by atoms with van der Waals surface area (Å²) in [5.41, 5.74) is 0.732. The van der Waals surface area contributed by atoms with Gasteiger partial charge in [-0.25, -0.2) is 0 Å². The second kappa shape index (κ2) is 6.76. The standard InChI is InChI=1S/C15H29N5O5/c1-11(2,9-13(5,6)17-18-16)15(19(22)23,20(24)25)12(3,4)10-14(7,8)21/h21H,9-10H2,1-8H3. The van der Waals surface area contributed by atoms with Crippen LogP contribution in [0.4, 0.5) is 0 Å². The average molecular weight is 359 g/mol. The molecule has 0 aliphatic rings. The zero-order chi connectivity index (χ0) is 20.5. The predicted octanol–water partition coefficient (Wildman–Crippen LogP) is 3.93. The maximum Gasteiger partial charge on any atom is 0.468 e. The van der Waals surface area contributed by atoms with E-state index in [-0.39, 0.29) is 12.8 Å². The van der Waals surface area contributed by atoms with Gasteiger partial charge in [-0.3, -0.25) is 20.2 Å². The fourth-order valence-electron chi connectivity index (χ4n) is 4.54. The minimum Gasteiger partial charge on any atom is -0.390 e. The van der Waals surface area contributed by atoms with E-state index in [0.717, 1.165) is 0 Å². The van der Waals surface area contributed by atoms with E-state index >= 15 is 0 Å². The molecule has 0 unspecified atom stereocenters. The molecule has 0 aromatic carbocycles. The highest BCUT2D eigenvalue weighted by Crippen LogP contribution is 2.53. The number of nitro groups is 2. The van der Waals surface area contributed by atoms with Gasteiger partial charge >= 0.3 is 5.66 Å². The van der Waals surface area contributed by atoms with E-state index in [1.54, 1.807) is 13.8 Å². The Morgan fingerprint density at radius 1 is 0.920 bits per heavy atom. The maximum absolute atomic E-state index is 12.1. The SMILES string of the molecule is CC(C)(O)CC(C)(C)C([N+](=O)[O-])([N+](=O)[O-])C(C)(C)CC(C)(C)N=[N+]=[N-]. The van der Waals surface area contributed by atoms with Gasteiger partial charge < -0.3 is 5.11 Å². The Morgan fingerprint density at radius 2 is 1.28 bits per heavy atom. The molecule has 0 saturated carbocycles. The number of hydrogen-bond donors (Lipinski definition) is 1. The molecule has 25 heavy (non-hydrogen) atoms. The fourth-order valence-corrected chi connectivity index (χ4v) is 4.54. The number of hydrogen-bond acceptors (Lipinski definition) is 6. The maximum atomic E-state index is 12.1. The van der Waals surface area contributed by atoms with Crippen LogP contribution in [0.15, 0.2) is 5.11 Å². The Labute approximate surface area is 147 Å². The summed E-state index contributed by atoms with van der Waals surface area (Å²) in [6.07, 6.45) is -0.241. The molecule has 0 rings (SSSR count). The lowest BCUT2D eigenvalue weighted by atomic mass is 9.58. The van der Waals surface area contributed by atoms with Crippen molar-refractivity contribution in [1.82, 2.24) is 0 Å². The topological polar surface area (TPSA) is 155 Å². The van der Waals surface area contributed by atoms with Crippen LogP contribution in [0.5, 0.6) is 0 Å². The van der Waals surface area contributed by atoms with Gasteiger partial charge in [0.1, 0.15) is 10.8 Å². The van der Waals surface area contributed by atoms with Gasteiger partial charge in [0, 0.05) is 10.5 Å². The van der Waals surface area contributed by atoms with Gasteiger partial charge in [0.05, 0.1) is 15.4 Å². The molecule has 0 aliphatic carbocycles. The van der Waals surface area contributed by atoms with E-state index in [2.05, 4.69) is 10.0 Å². The summed E-state index contributed by atoms with van der Waals surface area (Å²) in [6, 6.07) is 0. The summed E-state index contributed by atoms with van der Waals surface area (Å²) in [5.74, 6) is 0. The first-order chi connectivity index (χ1) is 10.9. The molecule has 0 aliphatic heterocycles. The lowest BCUT2D eigenvalue weighted by Crippen LogP contribution is -2.67. The Morgan fingerprint density at radius 3 is 1.56 bits per heavy atom. The average Bonchev–Trinajstić information content (AvgIpc) is 2.20. The summed E-state index contributed by atoms with van der Waals surface area (Å²) in [4.78, 5) is 25.1. The van der Waals surface area contributed by atoms with Gasteiger partial charge in [-0.2, -0.15) is 0 Å². The number of rotatable bonds is 9. The molecular formula is C15H29N5O5. The van der Waals surface area contributed by atoms with E-state index in [4.69, 9.17) is 5.53 Å². The van der Waals surface area contributed by atoms with Crippen molar-refractivity contribution < 1.29 is 15.0 Å². The quantitative estimate of drug-likeness (QED) is 0.165. The van der Waals surface area contributed by atoms with Crippen LogP contribution >= 0.6 is 0 Å². The molecule has 0 fully saturated rings. The zero-order valence-corrected chi connectivity index (χ0v) is 16.2. The summed E-state index contributed by atoms with van der Waals surface area (Å²) < 4.78 is 0. The highest BCUT2D eigenvalue weighted by atomic mass is 16.7. The minimum atomic E-state index is -2.59. The third-order valence-electron chi connectivity index (χ3n) is 4.48. The van der Waals surface area contributed by atoms with Crippen LogP contribution in [0.2, 0.25) is 0 Å². The molecule has 0 saturated heterocycles. The van der Waals surface area contributed by atoms with Crippen LogP contribution in [-0.2, 0) is 0 Å². The van der Waals surface area contributed by atoms with Crippen LogP contribution in [0.3, 0.4) is 0 Å². The highest BCUT2D eigenvalue weighted by Gasteiger charge is 2.76. The number of aliphatic hydroxyl groups is 1. The normalized spacial score (nSPS) is 14.0. The van der Waals surface area contributed by atoms with Gasteiger partial charge in [-0.05, 0) is 59.9 Å². The van der Waals surface area contributed by atoms with Crippen molar-refractivity contribution in [2.24, 2.45) is 15.9 Å². The number of nitrogens with zero attached hydrogens (tertiary/aromatic N) is 5. The van der Waals surface area contributed by atoms with Crippen molar-refractivity contribution in [3.63, 3.8) is 0 Å². The van der Waals surface area contributed by atoms with Crippen molar-refractivity contribution in [3.8, 4) is 0 Å². The van der Waals surface area contributed by atoms with Crippen molar-refractivity contribution in [1.29, 1.82) is 0 Å². The molecule has 0 bridgehead atoms. The van der Waals surface area contributed by atoms with Crippen LogP contribution in [-0.4, -0.2) is 31.8 Å². The molecule has 0 amide bonds. The van der Waals surface area contributed by atoms with Crippen LogP contribution in [0, 0.1) is 31.1 Å². The Hall–Kier alpha value is -1.93. The first-order valence-corrected chi connectivity index (χ1v) is 7.94. The third kappa shape index (κ3) is 4.58. The predicted molar refractivity (Wildman–Crippen MR) is 93.0 cm³/mol. The molecule has 10 heteroatoms. The van der Waals surface area contributed by atoms with Crippen molar-refractivity contribution in [3.05, 3.63) is 30.7 Å². The second-order valence-corrected chi connectivity index (χ2v) is 9.12. The van der Waals surface area contributed by atoms with Gasteiger partial charge in [0.25, 0.3) is 0 Å². The van der Waals surface area contributed by atoms with E-state index in [0.29, 0.717) is 0 Å². The molecule has 0 atom stereocenters. The highest BCUT2D eigenvalue weighted by molar-refractivity contribution is 5.02. The van der Waals surface area contributed by atoms with Gasteiger partial charge in [0.2, 0.25) is 0 Å². The lowest BCUT2D eigenvalue weighted by Gasteiger charge is -2.44. The lowest BCUT2D eigenvalue weighted by molar-refractivity contribution is -0.834. The molecular weight excluding hydrogens is 330 g/mol. The minimum absolute atomic E-state index is 0.0820. The van der Waals surface area contributed by atoms with E-state index in [1.165, 1.54) is 41.5 Å². The number of azide groups is 1. The first kappa shape index (κ1) is 23.1. The third-order valence-corrected chi connectivity index (χ3v) is 4.48. The van der Waals surface area contributed by atoms with Crippen LogP contribution < -0.4 is 0 Å². The molecule has 0 aromatic heterocycles. The summed E-state index contributed by atoms with van der Waals surface area (Å²) in [5, 5.41) is 37.9. The Bertz CT molecular complexity index is 572. The molecule has 0 aromatic rings. The monoisotopic (exact) mass is 359 g/mol. The summed E-state index contributed by atoms with van der Waals surface area (Å²) in [7, 11) is 0. The van der Waals surface area contributed by atoms with Gasteiger partial charge in [-0.15, -0.1) is 0 Å².